The van der Waals surface area contributed by atoms with Gasteiger partial charge in [-0.1, -0.05) is 11.6 Å². The van der Waals surface area contributed by atoms with Crippen molar-refractivity contribution >= 4 is 40.6 Å². The first-order chi connectivity index (χ1) is 13.7. The monoisotopic (exact) mass is 416 g/mol. The topological polar surface area (TPSA) is 107 Å². The maximum atomic E-state index is 12.7. The lowest BCUT2D eigenvalue weighted by atomic mass is 10.0. The highest BCUT2D eigenvalue weighted by Crippen LogP contribution is 2.30. The predicted molar refractivity (Wildman–Crippen MR) is 105 cm³/mol. The summed E-state index contributed by atoms with van der Waals surface area (Å²) in [6.45, 7) is 3.42. The molecule has 0 bridgehead atoms. The number of fused-ring (bicyclic) bond motifs is 1. The average molecular weight is 417 g/mol. The molecule has 2 aromatic rings. The van der Waals surface area contributed by atoms with Gasteiger partial charge in [0, 0.05) is 35.8 Å². The summed E-state index contributed by atoms with van der Waals surface area (Å²) in [6.07, 6.45) is -0.539. The first-order valence-corrected chi connectivity index (χ1v) is 9.17. The summed E-state index contributed by atoms with van der Waals surface area (Å²) in [6, 6.07) is 8.45. The van der Waals surface area contributed by atoms with Crippen molar-refractivity contribution in [1.82, 2.24) is 0 Å². The van der Waals surface area contributed by atoms with E-state index in [2.05, 4.69) is 0 Å². The fraction of sp³-hybridized carbons (Fsp3) is 0.250. The van der Waals surface area contributed by atoms with Gasteiger partial charge < -0.3 is 9.64 Å². The minimum atomic E-state index is -1.16. The number of hydrogen-bond donors (Lipinski definition) is 0. The summed E-state index contributed by atoms with van der Waals surface area (Å²) in [5, 5.41) is 11.3. The molecule has 0 saturated heterocycles. The Morgan fingerprint density at radius 3 is 2.59 bits per heavy atom. The van der Waals surface area contributed by atoms with E-state index in [9.17, 15) is 24.5 Å². The van der Waals surface area contributed by atoms with Crippen molar-refractivity contribution in [3.05, 3.63) is 68.2 Å². The largest absolute Gasteiger partial charge is 0.450 e. The highest BCUT2D eigenvalue weighted by molar-refractivity contribution is 6.31. The molecule has 0 saturated carbocycles. The molecule has 2 aromatic carbocycles. The van der Waals surface area contributed by atoms with Gasteiger partial charge in [-0.05, 0) is 49.2 Å². The van der Waals surface area contributed by atoms with E-state index < -0.39 is 28.5 Å². The molecule has 150 valence electrons. The SMILES string of the molecule is CC(=O)N1CCc2cc(C(=O)[C@H](C)OC(=O)c3cc(Cl)ccc3[N+](=O)[O-])ccc21. The molecule has 1 aliphatic heterocycles. The van der Waals surface area contributed by atoms with Crippen LogP contribution in [0.4, 0.5) is 11.4 Å². The highest BCUT2D eigenvalue weighted by Gasteiger charge is 2.28. The van der Waals surface area contributed by atoms with E-state index in [1.165, 1.54) is 19.9 Å². The number of carbonyl (C=O) groups is 3. The van der Waals surface area contributed by atoms with E-state index in [1.54, 1.807) is 23.1 Å². The van der Waals surface area contributed by atoms with Crippen LogP contribution in [0.15, 0.2) is 36.4 Å². The summed E-state index contributed by atoms with van der Waals surface area (Å²) >= 11 is 5.82. The van der Waals surface area contributed by atoms with E-state index in [4.69, 9.17) is 16.3 Å². The number of amides is 1. The lowest BCUT2D eigenvalue weighted by molar-refractivity contribution is -0.385. The van der Waals surface area contributed by atoms with Gasteiger partial charge in [0.15, 0.2) is 6.10 Å². The van der Waals surface area contributed by atoms with Crippen LogP contribution < -0.4 is 4.90 Å². The number of halogens is 1. The number of anilines is 1. The minimum absolute atomic E-state index is 0.0757. The molecule has 0 spiro atoms. The second-order valence-electron chi connectivity index (χ2n) is 6.59. The average Bonchev–Trinajstić information content (AvgIpc) is 3.10. The number of rotatable bonds is 5. The third kappa shape index (κ3) is 4.12. The van der Waals surface area contributed by atoms with Crippen LogP contribution in [-0.4, -0.2) is 35.2 Å². The van der Waals surface area contributed by atoms with Crippen molar-refractivity contribution in [3.63, 3.8) is 0 Å². The number of carbonyl (C=O) groups excluding carboxylic acids is 3. The summed E-state index contributed by atoms with van der Waals surface area (Å²) in [5.41, 5.74) is 1.16. The molecule has 9 heteroatoms. The molecule has 1 amide bonds. The van der Waals surface area contributed by atoms with Crippen LogP contribution in [0.5, 0.6) is 0 Å². The number of nitro groups is 1. The number of ether oxygens (including phenoxy) is 1. The number of esters is 1. The fourth-order valence-electron chi connectivity index (χ4n) is 3.23. The smallest absolute Gasteiger partial charge is 0.345 e. The molecule has 3 rings (SSSR count). The Morgan fingerprint density at radius 2 is 1.93 bits per heavy atom. The Hall–Kier alpha value is -3.26. The zero-order valence-electron chi connectivity index (χ0n) is 15.7. The number of Topliss-reactive ketones (excluding diaryl/α,β-unsaturated/α-hetero) is 1. The predicted octanol–water partition coefficient (Wildman–Crippen LogP) is 3.59. The Balaban J connectivity index is 1.78. The van der Waals surface area contributed by atoms with Crippen molar-refractivity contribution in [1.29, 1.82) is 0 Å². The molecule has 0 unspecified atom stereocenters. The van der Waals surface area contributed by atoms with Gasteiger partial charge in [-0.15, -0.1) is 0 Å². The highest BCUT2D eigenvalue weighted by atomic mass is 35.5. The van der Waals surface area contributed by atoms with Gasteiger partial charge in [-0.2, -0.15) is 0 Å². The van der Waals surface area contributed by atoms with Crippen LogP contribution in [0.25, 0.3) is 0 Å². The van der Waals surface area contributed by atoms with E-state index in [-0.39, 0.29) is 16.5 Å². The minimum Gasteiger partial charge on any atom is -0.450 e. The standard InChI is InChI=1S/C20H17ClN2O6/c1-11(29-20(26)16-10-15(21)4-6-18(16)23(27)28)19(25)14-3-5-17-13(9-14)7-8-22(17)12(2)24/h3-6,9-11H,7-8H2,1-2H3/t11-/m0/s1. The van der Waals surface area contributed by atoms with Gasteiger partial charge in [0.1, 0.15) is 5.56 Å². The summed E-state index contributed by atoms with van der Waals surface area (Å²) < 4.78 is 5.16. The molecule has 1 aliphatic rings. The van der Waals surface area contributed by atoms with Crippen LogP contribution in [0.2, 0.25) is 5.02 Å². The Bertz CT molecular complexity index is 1040. The summed E-state index contributed by atoms with van der Waals surface area (Å²) in [7, 11) is 0. The van der Waals surface area contributed by atoms with Crippen LogP contribution in [0.1, 0.15) is 40.1 Å². The molecule has 0 aliphatic carbocycles. The Labute approximate surface area is 171 Å². The summed E-state index contributed by atoms with van der Waals surface area (Å²) in [4.78, 5) is 48.8. The van der Waals surface area contributed by atoms with Gasteiger partial charge in [0.25, 0.3) is 5.69 Å². The van der Waals surface area contributed by atoms with Gasteiger partial charge >= 0.3 is 5.97 Å². The number of benzene rings is 2. The van der Waals surface area contributed by atoms with Crippen molar-refractivity contribution in [2.45, 2.75) is 26.4 Å². The molecule has 0 radical (unpaired) electrons. The fourth-order valence-corrected chi connectivity index (χ4v) is 3.40. The van der Waals surface area contributed by atoms with Crippen molar-refractivity contribution in [2.75, 3.05) is 11.4 Å². The Kier molecular flexibility index (Phi) is 5.65. The molecule has 1 heterocycles. The van der Waals surface area contributed by atoms with Crippen molar-refractivity contribution < 1.29 is 24.0 Å². The molecule has 8 nitrogen and oxygen atoms in total. The van der Waals surface area contributed by atoms with E-state index in [0.29, 0.717) is 18.5 Å². The molecule has 1 atom stereocenters. The first-order valence-electron chi connectivity index (χ1n) is 8.79. The van der Waals surface area contributed by atoms with Gasteiger partial charge in [-0.25, -0.2) is 4.79 Å². The molecule has 0 aromatic heterocycles. The van der Waals surface area contributed by atoms with Gasteiger partial charge in [0.2, 0.25) is 11.7 Å². The quantitative estimate of drug-likeness (QED) is 0.319. The van der Waals surface area contributed by atoms with E-state index in [0.717, 1.165) is 23.4 Å². The lowest BCUT2D eigenvalue weighted by Crippen LogP contribution is -2.26. The number of ketones is 1. The van der Waals surface area contributed by atoms with E-state index in [1.807, 2.05) is 0 Å². The van der Waals surface area contributed by atoms with Crippen LogP contribution in [0.3, 0.4) is 0 Å². The number of nitro benzene ring substituents is 1. The van der Waals surface area contributed by atoms with Gasteiger partial charge in [0.05, 0.1) is 4.92 Å². The molecular formula is C20H17ClN2O6. The molecule has 0 N–H and O–H groups in total. The molecular weight excluding hydrogens is 400 g/mol. The summed E-state index contributed by atoms with van der Waals surface area (Å²) in [5.74, 6) is -1.54. The normalized spacial score (nSPS) is 13.6. The maximum absolute atomic E-state index is 12.7. The molecule has 0 fully saturated rings. The van der Waals surface area contributed by atoms with Crippen LogP contribution >= 0.6 is 11.6 Å². The van der Waals surface area contributed by atoms with Gasteiger partial charge in [-0.3, -0.25) is 19.7 Å². The Morgan fingerprint density at radius 1 is 1.21 bits per heavy atom. The maximum Gasteiger partial charge on any atom is 0.345 e. The lowest BCUT2D eigenvalue weighted by Gasteiger charge is -2.16. The zero-order chi connectivity index (χ0) is 21.3. The number of nitrogens with zero attached hydrogens (tertiary/aromatic N) is 2. The van der Waals surface area contributed by atoms with Crippen molar-refractivity contribution in [3.8, 4) is 0 Å². The van der Waals surface area contributed by atoms with Crippen LogP contribution in [0, 0.1) is 10.1 Å². The zero-order valence-corrected chi connectivity index (χ0v) is 16.4. The second kappa shape index (κ2) is 8.00. The van der Waals surface area contributed by atoms with Crippen LogP contribution in [-0.2, 0) is 16.0 Å². The molecule has 29 heavy (non-hydrogen) atoms. The van der Waals surface area contributed by atoms with E-state index >= 15 is 0 Å². The second-order valence-corrected chi connectivity index (χ2v) is 7.03. The third-order valence-corrected chi connectivity index (χ3v) is 4.90. The number of hydrogen-bond acceptors (Lipinski definition) is 6. The first kappa shape index (κ1) is 20.5. The third-order valence-electron chi connectivity index (χ3n) is 4.67. The van der Waals surface area contributed by atoms with Crippen molar-refractivity contribution in [2.24, 2.45) is 0 Å².